The summed E-state index contributed by atoms with van der Waals surface area (Å²) in [5, 5.41) is 3.55. The predicted octanol–water partition coefficient (Wildman–Crippen LogP) is 2.65. The molecule has 3 heteroatoms. The Morgan fingerprint density at radius 1 is 1.21 bits per heavy atom. The number of rotatable bonds is 4. The second-order valence-corrected chi connectivity index (χ2v) is 8.24. The fourth-order valence-electron chi connectivity index (χ4n) is 3.15. The van der Waals surface area contributed by atoms with E-state index in [1.54, 1.807) is 0 Å². The molecule has 2 atom stereocenters. The van der Waals surface area contributed by atoms with Crippen molar-refractivity contribution in [1.29, 1.82) is 0 Å². The minimum atomic E-state index is 0.195. The summed E-state index contributed by atoms with van der Waals surface area (Å²) in [5.74, 6) is 0. The van der Waals surface area contributed by atoms with Crippen LogP contribution in [-0.2, 0) is 4.74 Å². The molecule has 3 nitrogen and oxygen atoms in total. The van der Waals surface area contributed by atoms with E-state index in [2.05, 4.69) is 44.8 Å². The molecule has 2 rings (SSSR count). The van der Waals surface area contributed by atoms with Gasteiger partial charge in [-0.05, 0) is 52.0 Å². The van der Waals surface area contributed by atoms with Crippen molar-refractivity contribution in [1.82, 2.24) is 10.2 Å². The number of ether oxygens (including phenoxy) is 1. The van der Waals surface area contributed by atoms with Crippen LogP contribution in [0.25, 0.3) is 0 Å². The summed E-state index contributed by atoms with van der Waals surface area (Å²) in [6.45, 7) is 16.0. The second kappa shape index (κ2) is 5.71. The van der Waals surface area contributed by atoms with Gasteiger partial charge in [0.2, 0.25) is 0 Å². The molecule has 0 spiro atoms. The third kappa shape index (κ3) is 5.05. The Labute approximate surface area is 119 Å². The van der Waals surface area contributed by atoms with Gasteiger partial charge < -0.3 is 15.0 Å². The van der Waals surface area contributed by atoms with Gasteiger partial charge >= 0.3 is 0 Å². The third-order valence-electron chi connectivity index (χ3n) is 4.27. The Hall–Kier alpha value is -0.120. The van der Waals surface area contributed by atoms with Crippen molar-refractivity contribution in [2.24, 2.45) is 5.41 Å². The molecule has 1 N–H and O–H groups in total. The van der Waals surface area contributed by atoms with Crippen LogP contribution in [0.1, 0.15) is 53.9 Å². The molecule has 19 heavy (non-hydrogen) atoms. The molecule has 2 aliphatic rings. The standard InChI is InChI=1S/C16H32N2O/c1-15(2,3)17-10-13-6-7-14(19-13)11-18-9-8-16(4,5)12-18/h13-14,17H,6-12H2,1-5H3. The van der Waals surface area contributed by atoms with Crippen molar-refractivity contribution in [3.63, 3.8) is 0 Å². The topological polar surface area (TPSA) is 24.5 Å². The molecule has 2 fully saturated rings. The minimum absolute atomic E-state index is 0.195. The Morgan fingerprint density at radius 2 is 1.89 bits per heavy atom. The summed E-state index contributed by atoms with van der Waals surface area (Å²) in [4.78, 5) is 2.59. The number of nitrogens with one attached hydrogen (secondary N) is 1. The highest BCUT2D eigenvalue weighted by atomic mass is 16.5. The Bertz CT molecular complexity index is 296. The first kappa shape index (κ1) is 15.3. The van der Waals surface area contributed by atoms with Gasteiger partial charge in [-0.2, -0.15) is 0 Å². The van der Waals surface area contributed by atoms with E-state index in [0.717, 1.165) is 13.1 Å². The summed E-state index contributed by atoms with van der Waals surface area (Å²) in [6.07, 6.45) is 4.65. The van der Waals surface area contributed by atoms with Crippen molar-refractivity contribution in [3.8, 4) is 0 Å². The number of likely N-dealkylation sites (tertiary alicyclic amines) is 1. The lowest BCUT2D eigenvalue weighted by Gasteiger charge is -2.25. The van der Waals surface area contributed by atoms with Gasteiger partial charge in [0.15, 0.2) is 0 Å². The number of hydrogen-bond donors (Lipinski definition) is 1. The summed E-state index contributed by atoms with van der Waals surface area (Å²) in [6, 6.07) is 0. The van der Waals surface area contributed by atoms with E-state index >= 15 is 0 Å². The largest absolute Gasteiger partial charge is 0.372 e. The van der Waals surface area contributed by atoms with Crippen molar-refractivity contribution in [2.45, 2.75) is 71.6 Å². The molecule has 112 valence electrons. The van der Waals surface area contributed by atoms with E-state index < -0.39 is 0 Å². The zero-order chi connectivity index (χ0) is 14.1. The van der Waals surface area contributed by atoms with Crippen LogP contribution >= 0.6 is 0 Å². The number of nitrogens with zero attached hydrogens (tertiary/aromatic N) is 1. The first-order valence-corrected chi connectivity index (χ1v) is 7.86. The highest BCUT2D eigenvalue weighted by Crippen LogP contribution is 2.30. The van der Waals surface area contributed by atoms with Gasteiger partial charge in [0.1, 0.15) is 0 Å². The van der Waals surface area contributed by atoms with Crippen molar-refractivity contribution < 1.29 is 4.74 Å². The zero-order valence-corrected chi connectivity index (χ0v) is 13.5. The Morgan fingerprint density at radius 3 is 2.47 bits per heavy atom. The quantitative estimate of drug-likeness (QED) is 0.848. The van der Waals surface area contributed by atoms with Crippen LogP contribution in [-0.4, -0.2) is 48.8 Å². The van der Waals surface area contributed by atoms with E-state index in [0.29, 0.717) is 17.6 Å². The molecule has 0 aromatic rings. The van der Waals surface area contributed by atoms with Gasteiger partial charge in [0, 0.05) is 25.2 Å². The van der Waals surface area contributed by atoms with Crippen molar-refractivity contribution in [2.75, 3.05) is 26.2 Å². The van der Waals surface area contributed by atoms with E-state index in [1.807, 2.05) is 0 Å². The van der Waals surface area contributed by atoms with Crippen LogP contribution in [0, 0.1) is 5.41 Å². The fourth-order valence-corrected chi connectivity index (χ4v) is 3.15. The fraction of sp³-hybridized carbons (Fsp3) is 1.00. The first-order chi connectivity index (χ1) is 8.73. The van der Waals surface area contributed by atoms with Gasteiger partial charge in [-0.25, -0.2) is 0 Å². The molecule has 2 heterocycles. The first-order valence-electron chi connectivity index (χ1n) is 7.86. The maximum absolute atomic E-state index is 6.18. The van der Waals surface area contributed by atoms with Crippen LogP contribution in [0.4, 0.5) is 0 Å². The van der Waals surface area contributed by atoms with Gasteiger partial charge in [-0.3, -0.25) is 0 Å². The average molecular weight is 268 g/mol. The van der Waals surface area contributed by atoms with Gasteiger partial charge in [-0.15, -0.1) is 0 Å². The molecule has 2 unspecified atom stereocenters. The SMILES string of the molecule is CC1(C)CCN(CC2CCC(CNC(C)(C)C)O2)C1. The van der Waals surface area contributed by atoms with E-state index in [9.17, 15) is 0 Å². The molecular formula is C16H32N2O. The molecule has 2 saturated heterocycles. The van der Waals surface area contributed by atoms with Crippen LogP contribution < -0.4 is 5.32 Å². The molecule has 0 aromatic heterocycles. The lowest BCUT2D eigenvalue weighted by molar-refractivity contribution is 0.0235. The predicted molar refractivity (Wildman–Crippen MR) is 80.5 cm³/mol. The molecule has 0 saturated carbocycles. The second-order valence-electron chi connectivity index (χ2n) is 8.24. The maximum Gasteiger partial charge on any atom is 0.0707 e. The third-order valence-corrected chi connectivity index (χ3v) is 4.27. The molecule has 0 aromatic carbocycles. The van der Waals surface area contributed by atoms with E-state index in [1.165, 1.54) is 32.4 Å². The molecule has 0 radical (unpaired) electrons. The van der Waals surface area contributed by atoms with Gasteiger partial charge in [0.05, 0.1) is 12.2 Å². The highest BCUT2D eigenvalue weighted by Gasteiger charge is 2.33. The van der Waals surface area contributed by atoms with E-state index in [4.69, 9.17) is 4.74 Å². The van der Waals surface area contributed by atoms with E-state index in [-0.39, 0.29) is 5.54 Å². The summed E-state index contributed by atoms with van der Waals surface area (Å²) in [5.41, 5.74) is 0.701. The molecule has 0 aliphatic carbocycles. The Balaban J connectivity index is 1.68. The normalized spacial score (nSPS) is 32.1. The zero-order valence-electron chi connectivity index (χ0n) is 13.5. The maximum atomic E-state index is 6.18. The van der Waals surface area contributed by atoms with Gasteiger partial charge in [0.25, 0.3) is 0 Å². The minimum Gasteiger partial charge on any atom is -0.372 e. The lowest BCUT2D eigenvalue weighted by Crippen LogP contribution is -2.41. The Kier molecular flexibility index (Phi) is 4.59. The summed E-state index contributed by atoms with van der Waals surface area (Å²) >= 11 is 0. The van der Waals surface area contributed by atoms with Crippen LogP contribution in [0.5, 0.6) is 0 Å². The summed E-state index contributed by atoms with van der Waals surface area (Å²) < 4.78 is 6.18. The van der Waals surface area contributed by atoms with Gasteiger partial charge in [-0.1, -0.05) is 13.8 Å². The highest BCUT2D eigenvalue weighted by molar-refractivity contribution is 4.86. The number of hydrogen-bond acceptors (Lipinski definition) is 3. The van der Waals surface area contributed by atoms with Crippen LogP contribution in [0.3, 0.4) is 0 Å². The van der Waals surface area contributed by atoms with Crippen LogP contribution in [0.15, 0.2) is 0 Å². The average Bonchev–Trinajstić information content (AvgIpc) is 2.82. The smallest absolute Gasteiger partial charge is 0.0707 e. The van der Waals surface area contributed by atoms with Crippen LogP contribution in [0.2, 0.25) is 0 Å². The van der Waals surface area contributed by atoms with Crippen molar-refractivity contribution in [3.05, 3.63) is 0 Å². The monoisotopic (exact) mass is 268 g/mol. The molecule has 2 aliphatic heterocycles. The lowest BCUT2D eigenvalue weighted by atomic mass is 9.93. The molecule has 0 bridgehead atoms. The van der Waals surface area contributed by atoms with Crippen molar-refractivity contribution >= 4 is 0 Å². The molecular weight excluding hydrogens is 236 g/mol. The summed E-state index contributed by atoms with van der Waals surface area (Å²) in [7, 11) is 0. The molecule has 0 amide bonds.